The highest BCUT2D eigenvalue weighted by atomic mass is 16.3. The summed E-state index contributed by atoms with van der Waals surface area (Å²) in [5.41, 5.74) is 14.4. The van der Waals surface area contributed by atoms with Crippen LogP contribution in [0, 0.1) is 0 Å². The van der Waals surface area contributed by atoms with Crippen LogP contribution in [0.4, 0.5) is 0 Å². The molecule has 52 heavy (non-hydrogen) atoms. The maximum atomic E-state index is 6.77. The summed E-state index contributed by atoms with van der Waals surface area (Å²) in [7, 11) is 0. The van der Waals surface area contributed by atoms with Gasteiger partial charge in [0.2, 0.25) is 0 Å². The van der Waals surface area contributed by atoms with Crippen molar-refractivity contribution in [2.45, 2.75) is 33.1 Å². The highest BCUT2D eigenvalue weighted by molar-refractivity contribution is 6.26. The van der Waals surface area contributed by atoms with Gasteiger partial charge in [0.1, 0.15) is 11.2 Å². The van der Waals surface area contributed by atoms with E-state index < -0.39 is 0 Å². The van der Waals surface area contributed by atoms with Crippen molar-refractivity contribution < 1.29 is 4.42 Å². The molecule has 1 aliphatic rings. The van der Waals surface area contributed by atoms with Gasteiger partial charge < -0.3 is 4.42 Å². The Morgan fingerprint density at radius 2 is 1.10 bits per heavy atom. The second kappa shape index (κ2) is 11.4. The van der Waals surface area contributed by atoms with Crippen molar-refractivity contribution >= 4 is 59.8 Å². The Morgan fingerprint density at radius 3 is 1.73 bits per heavy atom. The molecule has 1 nitrogen and oxygen atoms in total. The Hall–Kier alpha value is -6.18. The topological polar surface area (TPSA) is 13.1 Å². The molecule has 0 amide bonds. The first-order valence-electron chi connectivity index (χ1n) is 18.3. The molecule has 0 atom stereocenters. The highest BCUT2D eigenvalue weighted by Crippen LogP contribution is 2.57. The second-order valence-corrected chi connectivity index (χ2v) is 14.8. The Kier molecular flexibility index (Phi) is 6.73. The minimum Gasteiger partial charge on any atom is -0.455 e. The predicted molar refractivity (Wildman–Crippen MR) is 223 cm³/mol. The van der Waals surface area contributed by atoms with Gasteiger partial charge in [0.25, 0.3) is 0 Å². The van der Waals surface area contributed by atoms with Gasteiger partial charge >= 0.3 is 0 Å². The number of rotatable bonds is 4. The summed E-state index contributed by atoms with van der Waals surface area (Å²) >= 11 is 0. The maximum Gasteiger partial charge on any atom is 0.144 e. The largest absolute Gasteiger partial charge is 0.455 e. The molecule has 1 aliphatic carbocycles. The number of benzene rings is 8. The Balaban J connectivity index is 1.22. The van der Waals surface area contributed by atoms with Crippen LogP contribution in [0.25, 0.3) is 93.2 Å². The number of hydrogen-bond acceptors (Lipinski definition) is 1. The van der Waals surface area contributed by atoms with Crippen LogP contribution < -0.4 is 0 Å². The quantitative estimate of drug-likeness (QED) is 0.135. The molecule has 1 heteroatoms. The zero-order valence-electron chi connectivity index (χ0n) is 29.9. The van der Waals surface area contributed by atoms with Crippen molar-refractivity contribution in [1.29, 1.82) is 0 Å². The van der Waals surface area contributed by atoms with E-state index in [2.05, 4.69) is 185 Å². The smallest absolute Gasteiger partial charge is 0.144 e. The van der Waals surface area contributed by atoms with Crippen LogP contribution >= 0.6 is 0 Å². The molecular formula is C51H38O. The molecule has 10 rings (SSSR count). The number of para-hydroxylation sites is 1. The third-order valence-electron chi connectivity index (χ3n) is 11.5. The molecule has 8 aromatic carbocycles. The zero-order chi connectivity index (χ0) is 35.1. The van der Waals surface area contributed by atoms with Crippen molar-refractivity contribution in [1.82, 2.24) is 0 Å². The Morgan fingerprint density at radius 1 is 0.558 bits per heavy atom. The summed E-state index contributed by atoms with van der Waals surface area (Å²) in [4.78, 5) is 0. The minimum atomic E-state index is -0.236. The standard InChI is InChI=1S/C51H38O/c1-5-6-15-31(2)32-24-26-33(27-25-32)45-35-16-7-9-18-37(35)46(38-19-10-8-17-36(38)45)34-28-29-41-43(30-34)51(3,4)49-40-21-12-11-20-39(40)47-42-22-13-14-23-44(42)52-50(47)48(41)49/h5-30H,1-4H3/b6-5-,31-15+. The van der Waals surface area contributed by atoms with E-state index in [4.69, 9.17) is 4.42 Å². The second-order valence-electron chi connectivity index (χ2n) is 14.8. The number of allylic oxidation sites excluding steroid dienone is 4. The SMILES string of the molecule is C/C=C\C=C(/C)c1ccc(-c2c3ccccc3c(-c3ccc4c(c3)C(C)(C)c3c-4c4oc5ccccc5c4c4ccccc34)c3ccccc23)cc1. The molecule has 0 aliphatic heterocycles. The van der Waals surface area contributed by atoms with E-state index in [1.165, 1.54) is 98.7 Å². The van der Waals surface area contributed by atoms with Crippen molar-refractivity contribution in [2.75, 3.05) is 0 Å². The molecule has 0 N–H and O–H groups in total. The van der Waals surface area contributed by atoms with Gasteiger partial charge in [-0.25, -0.2) is 0 Å². The number of fused-ring (bicyclic) bond motifs is 12. The summed E-state index contributed by atoms with van der Waals surface area (Å²) in [5, 5.41) is 10.0. The molecule has 0 spiro atoms. The first-order valence-corrected chi connectivity index (χ1v) is 18.3. The highest BCUT2D eigenvalue weighted by Gasteiger charge is 2.40. The van der Waals surface area contributed by atoms with Crippen LogP contribution in [-0.4, -0.2) is 0 Å². The van der Waals surface area contributed by atoms with Crippen LogP contribution in [0.5, 0.6) is 0 Å². The third-order valence-corrected chi connectivity index (χ3v) is 11.5. The summed E-state index contributed by atoms with van der Waals surface area (Å²) < 4.78 is 6.77. The summed E-state index contributed by atoms with van der Waals surface area (Å²) in [6, 6.07) is 51.5. The average Bonchev–Trinajstić information content (AvgIpc) is 3.68. The molecule has 0 saturated heterocycles. The van der Waals surface area contributed by atoms with Gasteiger partial charge in [-0.05, 0) is 108 Å². The molecule has 0 saturated carbocycles. The minimum absolute atomic E-state index is 0.236. The average molecular weight is 667 g/mol. The van der Waals surface area contributed by atoms with Crippen LogP contribution in [0.15, 0.2) is 162 Å². The van der Waals surface area contributed by atoms with E-state index in [0.29, 0.717) is 0 Å². The van der Waals surface area contributed by atoms with Gasteiger partial charge in [0.05, 0.1) is 0 Å². The first kappa shape index (κ1) is 30.6. The van der Waals surface area contributed by atoms with Crippen LogP contribution in [0.1, 0.15) is 44.4 Å². The molecule has 0 unspecified atom stereocenters. The Bertz CT molecular complexity index is 2920. The van der Waals surface area contributed by atoms with Gasteiger partial charge in [-0.15, -0.1) is 0 Å². The van der Waals surface area contributed by atoms with E-state index in [1.54, 1.807) is 0 Å². The molecule has 0 radical (unpaired) electrons. The Labute approximate surface area is 304 Å². The van der Waals surface area contributed by atoms with Crippen molar-refractivity contribution in [2.24, 2.45) is 0 Å². The molecule has 248 valence electrons. The van der Waals surface area contributed by atoms with Gasteiger partial charge in [-0.1, -0.05) is 159 Å². The summed E-state index contributed by atoms with van der Waals surface area (Å²) in [5.74, 6) is 0. The molecule has 9 aromatic rings. The lowest BCUT2D eigenvalue weighted by Gasteiger charge is -2.24. The summed E-state index contributed by atoms with van der Waals surface area (Å²) in [6.07, 6.45) is 6.34. The van der Waals surface area contributed by atoms with Gasteiger partial charge in [-0.3, -0.25) is 0 Å². The fourth-order valence-corrected chi connectivity index (χ4v) is 9.12. The lowest BCUT2D eigenvalue weighted by molar-refractivity contribution is 0.658. The number of hydrogen-bond donors (Lipinski definition) is 0. The van der Waals surface area contributed by atoms with Gasteiger partial charge in [0, 0.05) is 21.8 Å². The van der Waals surface area contributed by atoms with Crippen LogP contribution in [0.2, 0.25) is 0 Å². The zero-order valence-corrected chi connectivity index (χ0v) is 29.9. The lowest BCUT2D eigenvalue weighted by atomic mass is 9.78. The first-order chi connectivity index (χ1) is 25.5. The van der Waals surface area contributed by atoms with Crippen LogP contribution in [0.3, 0.4) is 0 Å². The third kappa shape index (κ3) is 4.29. The van der Waals surface area contributed by atoms with E-state index in [-0.39, 0.29) is 5.41 Å². The maximum absolute atomic E-state index is 6.77. The van der Waals surface area contributed by atoms with Gasteiger partial charge in [0.15, 0.2) is 0 Å². The molecule has 0 bridgehead atoms. The normalized spacial score (nSPS) is 14.0. The van der Waals surface area contributed by atoms with Crippen molar-refractivity contribution in [3.05, 3.63) is 174 Å². The van der Waals surface area contributed by atoms with E-state index in [9.17, 15) is 0 Å². The number of furan rings is 1. The van der Waals surface area contributed by atoms with E-state index in [1.807, 2.05) is 0 Å². The fraction of sp³-hybridized carbons (Fsp3) is 0.0980. The van der Waals surface area contributed by atoms with Crippen molar-refractivity contribution in [3.8, 4) is 33.4 Å². The van der Waals surface area contributed by atoms with Crippen LogP contribution in [-0.2, 0) is 5.41 Å². The molecule has 0 fully saturated rings. The molecular weight excluding hydrogens is 629 g/mol. The molecule has 1 heterocycles. The lowest BCUT2D eigenvalue weighted by Crippen LogP contribution is -2.15. The monoisotopic (exact) mass is 666 g/mol. The fourth-order valence-electron chi connectivity index (χ4n) is 9.12. The van der Waals surface area contributed by atoms with E-state index in [0.717, 1.165) is 11.2 Å². The van der Waals surface area contributed by atoms with Crippen molar-refractivity contribution in [3.63, 3.8) is 0 Å². The summed E-state index contributed by atoms with van der Waals surface area (Å²) in [6.45, 7) is 9.00. The predicted octanol–water partition coefficient (Wildman–Crippen LogP) is 14.7. The van der Waals surface area contributed by atoms with E-state index >= 15 is 0 Å². The van der Waals surface area contributed by atoms with Gasteiger partial charge in [-0.2, -0.15) is 0 Å². The molecule has 1 aromatic heterocycles.